The van der Waals surface area contributed by atoms with Crippen molar-refractivity contribution in [2.45, 2.75) is 20.0 Å². The maximum Gasteiger partial charge on any atom is 0.331 e. The van der Waals surface area contributed by atoms with Gasteiger partial charge in [-0.1, -0.05) is 18.2 Å². The van der Waals surface area contributed by atoms with Crippen molar-refractivity contribution < 1.29 is 19.4 Å². The Hall–Kier alpha value is -2.30. The number of anilines is 1. The minimum absolute atomic E-state index is 0.173. The van der Waals surface area contributed by atoms with Gasteiger partial charge in [-0.25, -0.2) is 4.79 Å². The molecule has 1 unspecified atom stereocenters. The fraction of sp³-hybridized carbons (Fsp3) is 0.286. The number of benzene rings is 1. The summed E-state index contributed by atoms with van der Waals surface area (Å²) >= 11 is 0. The van der Waals surface area contributed by atoms with Crippen molar-refractivity contribution in [3.63, 3.8) is 0 Å². The third-order valence-corrected chi connectivity index (χ3v) is 2.99. The molecule has 0 spiro atoms. The quantitative estimate of drug-likeness (QED) is 0.843. The summed E-state index contributed by atoms with van der Waals surface area (Å²) in [4.78, 5) is 24.4. The lowest BCUT2D eigenvalue weighted by Crippen LogP contribution is -2.44. The van der Waals surface area contributed by atoms with E-state index in [1.807, 2.05) is 12.1 Å². The van der Waals surface area contributed by atoms with Crippen LogP contribution in [0.3, 0.4) is 0 Å². The van der Waals surface area contributed by atoms with Gasteiger partial charge in [-0.3, -0.25) is 4.79 Å². The number of ether oxygens (including phenoxy) is 1. The maximum absolute atomic E-state index is 12.1. The fourth-order valence-corrected chi connectivity index (χ4v) is 1.86. The highest BCUT2D eigenvalue weighted by atomic mass is 16.5. The average molecular weight is 261 g/mol. The Morgan fingerprint density at radius 3 is 2.84 bits per heavy atom. The molecule has 1 heterocycles. The number of rotatable bonds is 3. The molecule has 1 aromatic carbocycles. The van der Waals surface area contributed by atoms with Crippen molar-refractivity contribution in [1.82, 2.24) is 0 Å². The number of carboxylic acid groups (broad SMARTS) is 1. The highest BCUT2D eigenvalue weighted by Gasteiger charge is 2.30. The van der Waals surface area contributed by atoms with Crippen LogP contribution >= 0.6 is 0 Å². The van der Waals surface area contributed by atoms with E-state index in [-0.39, 0.29) is 18.0 Å². The summed E-state index contributed by atoms with van der Waals surface area (Å²) in [6.07, 6.45) is 0.961. The topological polar surface area (TPSA) is 66.8 Å². The molecular formula is C14H15NO4. The summed E-state index contributed by atoms with van der Waals surface area (Å²) in [5.41, 5.74) is 0.879. The molecule has 0 bridgehead atoms. The fourth-order valence-electron chi connectivity index (χ4n) is 1.86. The Morgan fingerprint density at radius 2 is 2.16 bits per heavy atom. The molecule has 1 amide bonds. The number of amides is 1. The van der Waals surface area contributed by atoms with Crippen LogP contribution in [0.5, 0.6) is 5.75 Å². The van der Waals surface area contributed by atoms with E-state index in [0.717, 1.165) is 0 Å². The van der Waals surface area contributed by atoms with Crippen molar-refractivity contribution >= 4 is 17.6 Å². The first kappa shape index (κ1) is 13.1. The zero-order valence-electron chi connectivity index (χ0n) is 10.8. The van der Waals surface area contributed by atoms with Crippen molar-refractivity contribution in [3.05, 3.63) is 35.9 Å². The molecule has 0 saturated carbocycles. The first-order chi connectivity index (χ1) is 9.00. The molecule has 0 saturated heterocycles. The molecule has 0 fully saturated rings. The largest absolute Gasteiger partial charge is 0.479 e. The Morgan fingerprint density at radius 1 is 1.47 bits per heavy atom. The van der Waals surface area contributed by atoms with Crippen LogP contribution in [-0.2, 0) is 9.59 Å². The third kappa shape index (κ3) is 2.59. The first-order valence-corrected chi connectivity index (χ1v) is 5.98. The molecule has 0 aliphatic carbocycles. The van der Waals surface area contributed by atoms with Gasteiger partial charge in [0.15, 0.2) is 6.10 Å². The molecule has 1 aromatic rings. The molecule has 1 aliphatic heterocycles. The predicted molar refractivity (Wildman–Crippen MR) is 70.3 cm³/mol. The summed E-state index contributed by atoms with van der Waals surface area (Å²) in [7, 11) is 0. The smallest absolute Gasteiger partial charge is 0.331 e. The second-order valence-electron chi connectivity index (χ2n) is 4.37. The Kier molecular flexibility index (Phi) is 3.55. The zero-order chi connectivity index (χ0) is 14.0. The molecule has 1 atom stereocenters. The summed E-state index contributed by atoms with van der Waals surface area (Å²) in [6.45, 7) is 3.41. The number of para-hydroxylation sites is 2. The Labute approximate surface area is 111 Å². The van der Waals surface area contributed by atoms with Gasteiger partial charge < -0.3 is 14.7 Å². The predicted octanol–water partition coefficient (Wildman–Crippen LogP) is 1.83. The maximum atomic E-state index is 12.1. The van der Waals surface area contributed by atoms with E-state index < -0.39 is 12.1 Å². The average Bonchev–Trinajstić information content (AvgIpc) is 2.39. The number of aliphatic carboxylic acids is 1. The summed E-state index contributed by atoms with van der Waals surface area (Å²) < 4.78 is 5.50. The lowest BCUT2D eigenvalue weighted by atomic mass is 10.1. The van der Waals surface area contributed by atoms with Crippen LogP contribution in [0.2, 0.25) is 0 Å². The van der Waals surface area contributed by atoms with Crippen LogP contribution in [0, 0.1) is 0 Å². The molecule has 1 N–H and O–H groups in total. The van der Waals surface area contributed by atoms with Gasteiger partial charge in [0, 0.05) is 12.1 Å². The SMILES string of the molecule is CC(=CCN1C(=O)C(C)Oc2ccccc21)C(=O)O. The molecule has 5 heteroatoms. The van der Waals surface area contributed by atoms with Crippen LogP contribution in [0.15, 0.2) is 35.9 Å². The van der Waals surface area contributed by atoms with Gasteiger partial charge in [0.2, 0.25) is 0 Å². The third-order valence-electron chi connectivity index (χ3n) is 2.99. The van der Waals surface area contributed by atoms with Crippen LogP contribution in [-0.4, -0.2) is 29.6 Å². The van der Waals surface area contributed by atoms with E-state index in [2.05, 4.69) is 0 Å². The van der Waals surface area contributed by atoms with Crippen molar-refractivity contribution in [1.29, 1.82) is 0 Å². The monoisotopic (exact) mass is 261 g/mol. The molecule has 0 aromatic heterocycles. The van der Waals surface area contributed by atoms with Crippen LogP contribution < -0.4 is 9.64 Å². The lowest BCUT2D eigenvalue weighted by molar-refractivity contribution is -0.132. The second-order valence-corrected chi connectivity index (χ2v) is 4.37. The Balaban J connectivity index is 2.31. The van der Waals surface area contributed by atoms with Gasteiger partial charge in [0.25, 0.3) is 5.91 Å². The number of nitrogens with zero attached hydrogens (tertiary/aromatic N) is 1. The standard InChI is InChI=1S/C14H15NO4/c1-9(14(17)18)7-8-15-11-5-3-4-6-12(11)19-10(2)13(15)16/h3-7,10H,8H2,1-2H3,(H,17,18). The highest BCUT2D eigenvalue weighted by Crippen LogP contribution is 2.33. The van der Waals surface area contributed by atoms with Crippen LogP contribution in [0.4, 0.5) is 5.69 Å². The van der Waals surface area contributed by atoms with Crippen LogP contribution in [0.1, 0.15) is 13.8 Å². The van der Waals surface area contributed by atoms with E-state index in [4.69, 9.17) is 9.84 Å². The Bertz CT molecular complexity index is 550. The molecule has 0 radical (unpaired) electrons. The number of carboxylic acids is 1. The van der Waals surface area contributed by atoms with Gasteiger partial charge >= 0.3 is 5.97 Å². The first-order valence-electron chi connectivity index (χ1n) is 5.98. The van der Waals surface area contributed by atoms with Gasteiger partial charge in [-0.2, -0.15) is 0 Å². The number of carbonyl (C=O) groups is 2. The molecular weight excluding hydrogens is 246 g/mol. The number of fused-ring (bicyclic) bond motifs is 1. The van der Waals surface area contributed by atoms with Crippen molar-refractivity contribution in [3.8, 4) is 5.75 Å². The highest BCUT2D eigenvalue weighted by molar-refractivity contribution is 6.00. The normalized spacial score (nSPS) is 18.8. The zero-order valence-corrected chi connectivity index (χ0v) is 10.8. The van der Waals surface area contributed by atoms with E-state index in [0.29, 0.717) is 11.4 Å². The summed E-state index contributed by atoms with van der Waals surface area (Å²) in [5, 5.41) is 8.83. The number of hydrogen-bond donors (Lipinski definition) is 1. The van der Waals surface area contributed by atoms with E-state index in [1.165, 1.54) is 17.9 Å². The second kappa shape index (κ2) is 5.14. The minimum Gasteiger partial charge on any atom is -0.479 e. The van der Waals surface area contributed by atoms with E-state index in [1.54, 1.807) is 19.1 Å². The van der Waals surface area contributed by atoms with Gasteiger partial charge in [-0.15, -0.1) is 0 Å². The van der Waals surface area contributed by atoms with Gasteiger partial charge in [-0.05, 0) is 26.0 Å². The molecule has 19 heavy (non-hydrogen) atoms. The molecule has 100 valence electrons. The van der Waals surface area contributed by atoms with Crippen molar-refractivity contribution in [2.75, 3.05) is 11.4 Å². The van der Waals surface area contributed by atoms with Gasteiger partial charge in [0.1, 0.15) is 5.75 Å². The van der Waals surface area contributed by atoms with Crippen molar-refractivity contribution in [2.24, 2.45) is 0 Å². The molecule has 5 nitrogen and oxygen atoms in total. The lowest BCUT2D eigenvalue weighted by Gasteiger charge is -2.32. The van der Waals surface area contributed by atoms with E-state index in [9.17, 15) is 9.59 Å². The number of hydrogen-bond acceptors (Lipinski definition) is 3. The summed E-state index contributed by atoms with van der Waals surface area (Å²) in [5.74, 6) is -0.522. The molecule has 2 rings (SSSR count). The summed E-state index contributed by atoms with van der Waals surface area (Å²) in [6, 6.07) is 7.21. The number of carbonyl (C=O) groups excluding carboxylic acids is 1. The van der Waals surface area contributed by atoms with Crippen LogP contribution in [0.25, 0.3) is 0 Å². The minimum atomic E-state index is -0.984. The van der Waals surface area contributed by atoms with Gasteiger partial charge in [0.05, 0.1) is 5.69 Å². The molecule has 1 aliphatic rings. The van der Waals surface area contributed by atoms with E-state index >= 15 is 0 Å².